The fourth-order valence-corrected chi connectivity index (χ4v) is 4.46. The maximum Gasteiger partial charge on any atom is 0.337 e. The van der Waals surface area contributed by atoms with Crippen molar-refractivity contribution < 1.29 is 23.9 Å². The van der Waals surface area contributed by atoms with Gasteiger partial charge in [-0.05, 0) is 37.1 Å². The zero-order valence-corrected chi connectivity index (χ0v) is 19.7. The van der Waals surface area contributed by atoms with Gasteiger partial charge in [0.2, 0.25) is 0 Å². The molecule has 1 N–H and O–H groups in total. The molecule has 33 heavy (non-hydrogen) atoms. The summed E-state index contributed by atoms with van der Waals surface area (Å²) in [7, 11) is 2.43. The number of carbonyl (C=O) groups is 3. The smallest absolute Gasteiger partial charge is 0.337 e. The van der Waals surface area contributed by atoms with E-state index in [2.05, 4.69) is 17.2 Å². The van der Waals surface area contributed by atoms with Crippen LogP contribution in [0.5, 0.6) is 0 Å². The molecular weight excluding hydrogens is 446 g/mol. The second-order valence-corrected chi connectivity index (χ2v) is 8.42. The zero-order chi connectivity index (χ0) is 24.1. The van der Waals surface area contributed by atoms with Gasteiger partial charge in [-0.1, -0.05) is 19.8 Å². The van der Waals surface area contributed by atoms with Crippen LogP contribution in [0.15, 0.2) is 29.3 Å². The minimum atomic E-state index is -0.665. The monoisotopic (exact) mass is 471 g/mol. The minimum Gasteiger partial charge on any atom is -0.465 e. The first-order valence-electron chi connectivity index (χ1n) is 10.4. The zero-order valence-electron chi connectivity index (χ0n) is 18.9. The number of fused-ring (bicyclic) bond motifs is 1. The summed E-state index contributed by atoms with van der Waals surface area (Å²) >= 11 is 1.11. The molecule has 0 aliphatic carbocycles. The van der Waals surface area contributed by atoms with Gasteiger partial charge in [-0.15, -0.1) is 11.3 Å². The number of thiophene rings is 1. The summed E-state index contributed by atoms with van der Waals surface area (Å²) in [5.74, 6) is -1.81. The molecule has 10 heteroatoms. The highest BCUT2D eigenvalue weighted by atomic mass is 32.1. The van der Waals surface area contributed by atoms with E-state index in [9.17, 15) is 19.2 Å². The van der Waals surface area contributed by atoms with E-state index in [4.69, 9.17) is 9.47 Å². The van der Waals surface area contributed by atoms with E-state index in [1.165, 1.54) is 38.7 Å². The standard InChI is InChI=1S/C23H25N3O6S/c1-5-6-7-8-26-12-24-20-17(21(26)28)13(2)18(33-20)19(27)25-16-10-14(22(29)31-3)9-15(11-16)23(30)32-4/h9-12H,5-8H2,1-4H3,(H,25,27). The highest BCUT2D eigenvalue weighted by molar-refractivity contribution is 7.20. The van der Waals surface area contributed by atoms with Crippen LogP contribution in [0, 0.1) is 6.92 Å². The number of nitrogens with one attached hydrogen (secondary N) is 1. The SMILES string of the molecule is CCCCCn1cnc2sc(C(=O)Nc3cc(C(=O)OC)cc(C(=O)OC)c3)c(C)c2c1=O. The summed E-state index contributed by atoms with van der Waals surface area (Å²) in [6, 6.07) is 4.12. The van der Waals surface area contributed by atoms with Crippen molar-refractivity contribution in [3.8, 4) is 0 Å². The molecule has 0 fully saturated rings. The molecule has 2 heterocycles. The molecule has 9 nitrogen and oxygen atoms in total. The number of hydrogen-bond acceptors (Lipinski definition) is 8. The van der Waals surface area contributed by atoms with E-state index in [1.54, 1.807) is 11.5 Å². The van der Waals surface area contributed by atoms with E-state index in [0.717, 1.165) is 30.6 Å². The Balaban J connectivity index is 1.96. The van der Waals surface area contributed by atoms with Crippen LogP contribution in [-0.2, 0) is 16.0 Å². The van der Waals surface area contributed by atoms with Crippen molar-refractivity contribution >= 4 is 45.1 Å². The van der Waals surface area contributed by atoms with Gasteiger partial charge in [0.15, 0.2) is 0 Å². The summed E-state index contributed by atoms with van der Waals surface area (Å²) in [6.07, 6.45) is 4.44. The van der Waals surface area contributed by atoms with Gasteiger partial charge in [-0.25, -0.2) is 14.6 Å². The molecule has 3 aromatic rings. The van der Waals surface area contributed by atoms with E-state index in [1.807, 2.05) is 0 Å². The molecular formula is C23H25N3O6S. The summed E-state index contributed by atoms with van der Waals surface area (Å²) < 4.78 is 11.0. The van der Waals surface area contributed by atoms with Gasteiger partial charge >= 0.3 is 11.9 Å². The van der Waals surface area contributed by atoms with E-state index in [-0.39, 0.29) is 22.4 Å². The average molecular weight is 472 g/mol. The predicted molar refractivity (Wildman–Crippen MR) is 125 cm³/mol. The van der Waals surface area contributed by atoms with Crippen LogP contribution in [0.25, 0.3) is 10.2 Å². The molecule has 0 unspecified atom stereocenters. The number of carbonyl (C=O) groups excluding carboxylic acids is 3. The van der Waals surface area contributed by atoms with Crippen LogP contribution in [0.3, 0.4) is 0 Å². The number of esters is 2. The number of nitrogens with zero attached hydrogens (tertiary/aromatic N) is 2. The fraction of sp³-hybridized carbons (Fsp3) is 0.348. The molecule has 0 radical (unpaired) electrons. The van der Waals surface area contributed by atoms with Crippen LogP contribution < -0.4 is 10.9 Å². The van der Waals surface area contributed by atoms with Crippen LogP contribution in [-0.4, -0.2) is 41.6 Å². The second-order valence-electron chi connectivity index (χ2n) is 7.42. The largest absolute Gasteiger partial charge is 0.465 e. The molecule has 0 atom stereocenters. The van der Waals surface area contributed by atoms with Gasteiger partial charge in [0.05, 0.1) is 41.9 Å². The van der Waals surface area contributed by atoms with Gasteiger partial charge < -0.3 is 14.8 Å². The maximum absolute atomic E-state index is 13.0. The Morgan fingerprint density at radius 2 is 1.70 bits per heavy atom. The molecule has 0 bridgehead atoms. The molecule has 0 saturated heterocycles. The summed E-state index contributed by atoms with van der Waals surface area (Å²) in [6.45, 7) is 4.37. The van der Waals surface area contributed by atoms with Crippen molar-refractivity contribution in [2.45, 2.75) is 39.7 Å². The Labute approximate surface area is 194 Å². The third-order valence-corrected chi connectivity index (χ3v) is 6.36. The number of hydrogen-bond donors (Lipinski definition) is 1. The first kappa shape index (κ1) is 24.1. The van der Waals surface area contributed by atoms with Gasteiger partial charge in [-0.3, -0.25) is 14.2 Å². The Morgan fingerprint density at radius 3 is 2.27 bits per heavy atom. The van der Waals surface area contributed by atoms with Gasteiger partial charge in [0, 0.05) is 12.2 Å². The van der Waals surface area contributed by atoms with Gasteiger partial charge in [-0.2, -0.15) is 0 Å². The van der Waals surface area contributed by atoms with Crippen molar-refractivity contribution in [2.75, 3.05) is 19.5 Å². The van der Waals surface area contributed by atoms with Crippen molar-refractivity contribution in [1.82, 2.24) is 9.55 Å². The van der Waals surface area contributed by atoms with Crippen LogP contribution in [0.4, 0.5) is 5.69 Å². The number of aryl methyl sites for hydroxylation is 2. The molecule has 3 rings (SSSR count). The van der Waals surface area contributed by atoms with Crippen LogP contribution in [0.2, 0.25) is 0 Å². The lowest BCUT2D eigenvalue weighted by molar-refractivity contribution is 0.0599. The predicted octanol–water partition coefficient (Wildman–Crippen LogP) is 3.78. The lowest BCUT2D eigenvalue weighted by Gasteiger charge is -2.09. The molecule has 0 saturated carbocycles. The summed E-state index contributed by atoms with van der Waals surface area (Å²) in [5.41, 5.74) is 0.739. The number of rotatable bonds is 8. The Hall–Kier alpha value is -3.53. The molecule has 2 aromatic heterocycles. The number of aromatic nitrogens is 2. The van der Waals surface area contributed by atoms with Crippen molar-refractivity contribution in [1.29, 1.82) is 0 Å². The Morgan fingerprint density at radius 1 is 1.06 bits per heavy atom. The van der Waals surface area contributed by atoms with Gasteiger partial charge in [0.1, 0.15) is 4.83 Å². The van der Waals surface area contributed by atoms with Crippen LogP contribution in [0.1, 0.15) is 62.1 Å². The number of benzene rings is 1. The highest BCUT2D eigenvalue weighted by Crippen LogP contribution is 2.28. The van der Waals surface area contributed by atoms with Crippen molar-refractivity contribution in [3.05, 3.63) is 56.4 Å². The second kappa shape index (κ2) is 10.4. The quantitative estimate of drug-likeness (QED) is 0.392. The topological polar surface area (TPSA) is 117 Å². The lowest BCUT2D eigenvalue weighted by atomic mass is 10.1. The van der Waals surface area contributed by atoms with Crippen LogP contribution >= 0.6 is 11.3 Å². The highest BCUT2D eigenvalue weighted by Gasteiger charge is 2.21. The Bertz CT molecular complexity index is 1240. The normalized spacial score (nSPS) is 10.8. The third-order valence-electron chi connectivity index (χ3n) is 5.16. The molecule has 1 aromatic carbocycles. The van der Waals surface area contributed by atoms with Crippen molar-refractivity contribution in [3.63, 3.8) is 0 Å². The fourth-order valence-electron chi connectivity index (χ4n) is 3.43. The molecule has 174 valence electrons. The third kappa shape index (κ3) is 5.11. The maximum atomic E-state index is 13.0. The summed E-state index contributed by atoms with van der Waals surface area (Å²) in [4.78, 5) is 55.1. The lowest BCUT2D eigenvalue weighted by Crippen LogP contribution is -2.20. The minimum absolute atomic E-state index is 0.0837. The molecule has 0 spiro atoms. The number of ether oxygens (including phenoxy) is 2. The van der Waals surface area contributed by atoms with E-state index in [0.29, 0.717) is 27.2 Å². The molecule has 1 amide bonds. The first-order valence-corrected chi connectivity index (χ1v) is 11.2. The number of amides is 1. The Kier molecular flexibility index (Phi) is 7.59. The van der Waals surface area contributed by atoms with Gasteiger partial charge in [0.25, 0.3) is 11.5 Å². The van der Waals surface area contributed by atoms with Crippen molar-refractivity contribution in [2.24, 2.45) is 0 Å². The number of methoxy groups -OCH3 is 2. The average Bonchev–Trinajstić information content (AvgIpc) is 3.16. The summed E-state index contributed by atoms with van der Waals surface area (Å²) in [5, 5.41) is 3.11. The number of unbranched alkanes of at least 4 members (excludes halogenated alkanes) is 2. The molecule has 0 aliphatic heterocycles. The first-order chi connectivity index (χ1) is 15.8. The number of anilines is 1. The van der Waals surface area contributed by atoms with E-state index >= 15 is 0 Å². The van der Waals surface area contributed by atoms with E-state index < -0.39 is 17.8 Å². The molecule has 0 aliphatic rings.